The highest BCUT2D eigenvalue weighted by Crippen LogP contribution is 2.37. The van der Waals surface area contributed by atoms with E-state index in [1.54, 1.807) is 0 Å². The second-order valence-electron chi connectivity index (χ2n) is 4.62. The Hall–Kier alpha value is 0.1000. The van der Waals surface area contributed by atoms with Crippen molar-refractivity contribution < 1.29 is 9.84 Å². The zero-order valence-corrected chi connectivity index (χ0v) is 12.9. The van der Waals surface area contributed by atoms with Gasteiger partial charge in [-0.1, -0.05) is 38.8 Å². The molecule has 2 rings (SSSR count). The third-order valence-corrected chi connectivity index (χ3v) is 4.60. The molecule has 1 N–H and O–H groups in total. The number of rotatable bonds is 2. The smallest absolute Gasteiger partial charge is 0.0833 e. The van der Waals surface area contributed by atoms with Gasteiger partial charge in [0.25, 0.3) is 0 Å². The highest BCUT2D eigenvalue weighted by Gasteiger charge is 2.30. The van der Waals surface area contributed by atoms with E-state index in [4.69, 9.17) is 4.74 Å². The zero-order chi connectivity index (χ0) is 12.4. The molecule has 0 aliphatic carbocycles. The molecule has 0 saturated carbocycles. The average Bonchev–Trinajstić information content (AvgIpc) is 2.32. The Labute approximate surface area is 119 Å². The Morgan fingerprint density at radius 1 is 1.41 bits per heavy atom. The van der Waals surface area contributed by atoms with Gasteiger partial charge in [-0.15, -0.1) is 0 Å². The first kappa shape index (κ1) is 13.5. The van der Waals surface area contributed by atoms with Crippen LogP contribution < -0.4 is 0 Å². The molecule has 17 heavy (non-hydrogen) atoms. The number of ether oxygens (including phenoxy) is 1. The van der Waals surface area contributed by atoms with Crippen molar-refractivity contribution in [1.82, 2.24) is 0 Å². The van der Waals surface area contributed by atoms with E-state index in [1.807, 2.05) is 18.2 Å². The molecule has 1 heterocycles. The molecule has 1 aromatic rings. The Morgan fingerprint density at radius 3 is 2.88 bits per heavy atom. The standard InChI is InChI=1S/C13H16Br2O2/c1-8-7-17-5-4-10(8)13(16)11-6-9(14)2-3-12(11)15/h2-3,6,8,10,13,16H,4-5,7H2,1H3. The lowest BCUT2D eigenvalue weighted by molar-refractivity contribution is -0.0312. The lowest BCUT2D eigenvalue weighted by Crippen LogP contribution is -2.30. The van der Waals surface area contributed by atoms with E-state index >= 15 is 0 Å². The summed E-state index contributed by atoms with van der Waals surface area (Å²) in [6.07, 6.45) is 0.488. The molecule has 1 aromatic carbocycles. The van der Waals surface area contributed by atoms with Gasteiger partial charge >= 0.3 is 0 Å². The van der Waals surface area contributed by atoms with Gasteiger partial charge in [0.15, 0.2) is 0 Å². The van der Waals surface area contributed by atoms with Crippen LogP contribution in [0.2, 0.25) is 0 Å². The quantitative estimate of drug-likeness (QED) is 0.862. The molecule has 0 amide bonds. The predicted octanol–water partition coefficient (Wildman–Crippen LogP) is 3.92. The third kappa shape index (κ3) is 3.11. The van der Waals surface area contributed by atoms with Crippen molar-refractivity contribution in [3.05, 3.63) is 32.7 Å². The Morgan fingerprint density at radius 2 is 2.18 bits per heavy atom. The fraction of sp³-hybridized carbons (Fsp3) is 0.538. The van der Waals surface area contributed by atoms with Crippen LogP contribution in [0.1, 0.15) is 25.0 Å². The maximum absolute atomic E-state index is 10.5. The van der Waals surface area contributed by atoms with Gasteiger partial charge in [0.05, 0.1) is 6.10 Å². The van der Waals surface area contributed by atoms with Crippen molar-refractivity contribution >= 4 is 31.9 Å². The number of hydrogen-bond donors (Lipinski definition) is 1. The molecule has 0 radical (unpaired) electrons. The molecule has 1 fully saturated rings. The lowest BCUT2D eigenvalue weighted by atomic mass is 9.82. The molecular weight excluding hydrogens is 348 g/mol. The fourth-order valence-corrected chi connectivity index (χ4v) is 3.20. The SMILES string of the molecule is CC1COCCC1C(O)c1cc(Br)ccc1Br. The second-order valence-corrected chi connectivity index (χ2v) is 6.39. The maximum Gasteiger partial charge on any atom is 0.0833 e. The molecule has 94 valence electrons. The summed E-state index contributed by atoms with van der Waals surface area (Å²) in [5.74, 6) is 0.666. The van der Waals surface area contributed by atoms with Crippen LogP contribution in [-0.4, -0.2) is 18.3 Å². The van der Waals surface area contributed by atoms with Crippen molar-refractivity contribution in [2.45, 2.75) is 19.4 Å². The van der Waals surface area contributed by atoms with E-state index in [2.05, 4.69) is 38.8 Å². The summed E-state index contributed by atoms with van der Waals surface area (Å²) in [6, 6.07) is 5.91. The van der Waals surface area contributed by atoms with Crippen LogP contribution in [-0.2, 0) is 4.74 Å². The Balaban J connectivity index is 2.23. The third-order valence-electron chi connectivity index (χ3n) is 3.39. The van der Waals surface area contributed by atoms with E-state index in [0.29, 0.717) is 5.92 Å². The topological polar surface area (TPSA) is 29.5 Å². The molecule has 1 aliphatic rings. The summed E-state index contributed by atoms with van der Waals surface area (Å²) in [4.78, 5) is 0. The van der Waals surface area contributed by atoms with Gasteiger partial charge in [-0.25, -0.2) is 0 Å². The van der Waals surface area contributed by atoms with Crippen LogP contribution in [0, 0.1) is 11.8 Å². The first-order valence-electron chi connectivity index (χ1n) is 5.80. The highest BCUT2D eigenvalue weighted by atomic mass is 79.9. The van der Waals surface area contributed by atoms with Gasteiger partial charge in [-0.2, -0.15) is 0 Å². The minimum atomic E-state index is -0.430. The maximum atomic E-state index is 10.5. The Kier molecular flexibility index (Phi) is 4.64. The van der Waals surface area contributed by atoms with Crippen molar-refractivity contribution in [3.8, 4) is 0 Å². The molecule has 1 saturated heterocycles. The summed E-state index contributed by atoms with van der Waals surface area (Å²) < 4.78 is 7.38. The highest BCUT2D eigenvalue weighted by molar-refractivity contribution is 9.11. The van der Waals surface area contributed by atoms with Gasteiger partial charge in [-0.05, 0) is 42.0 Å². The van der Waals surface area contributed by atoms with Crippen LogP contribution >= 0.6 is 31.9 Å². The number of aliphatic hydroxyl groups excluding tert-OH is 1. The van der Waals surface area contributed by atoms with Crippen molar-refractivity contribution in [1.29, 1.82) is 0 Å². The lowest BCUT2D eigenvalue weighted by Gasteiger charge is -2.33. The fourth-order valence-electron chi connectivity index (χ4n) is 2.34. The minimum Gasteiger partial charge on any atom is -0.388 e. The summed E-state index contributed by atoms with van der Waals surface area (Å²) in [5.41, 5.74) is 0.957. The van der Waals surface area contributed by atoms with E-state index in [0.717, 1.165) is 34.1 Å². The largest absolute Gasteiger partial charge is 0.388 e. The first-order chi connectivity index (χ1) is 8.09. The monoisotopic (exact) mass is 362 g/mol. The molecule has 1 aliphatic heterocycles. The molecule has 2 nitrogen and oxygen atoms in total. The minimum absolute atomic E-state index is 0.273. The summed E-state index contributed by atoms with van der Waals surface area (Å²) in [5, 5.41) is 10.5. The number of benzene rings is 1. The molecular formula is C13H16Br2O2. The van der Waals surface area contributed by atoms with Gasteiger partial charge in [-0.3, -0.25) is 0 Å². The average molecular weight is 364 g/mol. The summed E-state index contributed by atoms with van der Waals surface area (Å²) in [6.45, 7) is 3.63. The zero-order valence-electron chi connectivity index (χ0n) is 9.70. The number of halogens is 2. The van der Waals surface area contributed by atoms with E-state index in [1.165, 1.54) is 0 Å². The number of hydrogen-bond acceptors (Lipinski definition) is 2. The van der Waals surface area contributed by atoms with Gasteiger partial charge < -0.3 is 9.84 Å². The van der Waals surface area contributed by atoms with Crippen LogP contribution in [0.25, 0.3) is 0 Å². The van der Waals surface area contributed by atoms with Gasteiger partial charge in [0.1, 0.15) is 0 Å². The molecule has 3 unspecified atom stereocenters. The van der Waals surface area contributed by atoms with E-state index in [9.17, 15) is 5.11 Å². The van der Waals surface area contributed by atoms with E-state index < -0.39 is 6.10 Å². The van der Waals surface area contributed by atoms with Crippen LogP contribution in [0.3, 0.4) is 0 Å². The molecule has 0 aromatic heterocycles. The van der Waals surface area contributed by atoms with Crippen LogP contribution in [0.4, 0.5) is 0 Å². The first-order valence-corrected chi connectivity index (χ1v) is 7.39. The normalized spacial score (nSPS) is 26.8. The predicted molar refractivity (Wildman–Crippen MR) is 74.9 cm³/mol. The molecule has 4 heteroatoms. The second kappa shape index (κ2) is 5.83. The van der Waals surface area contributed by atoms with Crippen LogP contribution in [0.15, 0.2) is 27.1 Å². The summed E-state index contributed by atoms with van der Waals surface area (Å²) >= 11 is 6.95. The van der Waals surface area contributed by atoms with E-state index in [-0.39, 0.29) is 5.92 Å². The number of aliphatic hydroxyl groups is 1. The molecule has 0 spiro atoms. The van der Waals surface area contributed by atoms with Gasteiger partial charge in [0.2, 0.25) is 0 Å². The van der Waals surface area contributed by atoms with Crippen LogP contribution in [0.5, 0.6) is 0 Å². The molecule has 3 atom stereocenters. The van der Waals surface area contributed by atoms with Crippen molar-refractivity contribution in [3.63, 3.8) is 0 Å². The molecule has 0 bridgehead atoms. The summed E-state index contributed by atoms with van der Waals surface area (Å²) in [7, 11) is 0. The van der Waals surface area contributed by atoms with Crippen molar-refractivity contribution in [2.24, 2.45) is 11.8 Å². The van der Waals surface area contributed by atoms with Crippen molar-refractivity contribution in [2.75, 3.05) is 13.2 Å². The Bertz CT molecular complexity index is 395. The van der Waals surface area contributed by atoms with Gasteiger partial charge in [0, 0.05) is 22.2 Å².